The maximum Gasteiger partial charge on any atom is 0.328 e. The second kappa shape index (κ2) is 8.38. The lowest BCUT2D eigenvalue weighted by atomic mass is 10.1. The SMILES string of the molecule is Cc1ccc(OCC(=O)NCCC#N)c(C=CC(=O)O)c1. The molecule has 6 nitrogen and oxygen atoms in total. The van der Waals surface area contributed by atoms with Crippen LogP contribution in [0.15, 0.2) is 24.3 Å². The summed E-state index contributed by atoms with van der Waals surface area (Å²) < 4.78 is 5.38. The molecule has 0 aromatic heterocycles. The second-order valence-corrected chi connectivity index (χ2v) is 4.26. The Kier molecular flexibility index (Phi) is 6.48. The van der Waals surface area contributed by atoms with E-state index in [1.807, 2.05) is 13.0 Å². The number of nitriles is 1. The van der Waals surface area contributed by atoms with Gasteiger partial charge in [-0.3, -0.25) is 4.79 Å². The average molecular weight is 288 g/mol. The van der Waals surface area contributed by atoms with Crippen LogP contribution in [0.25, 0.3) is 6.08 Å². The van der Waals surface area contributed by atoms with E-state index in [1.54, 1.807) is 18.2 Å². The molecule has 0 fully saturated rings. The number of rotatable bonds is 7. The lowest BCUT2D eigenvalue weighted by molar-refractivity contribution is -0.131. The van der Waals surface area contributed by atoms with Gasteiger partial charge in [-0.2, -0.15) is 5.26 Å². The Labute approximate surface area is 122 Å². The van der Waals surface area contributed by atoms with Gasteiger partial charge in [0, 0.05) is 18.2 Å². The Balaban J connectivity index is 2.68. The zero-order chi connectivity index (χ0) is 15.7. The van der Waals surface area contributed by atoms with Crippen molar-refractivity contribution < 1.29 is 19.4 Å². The fraction of sp³-hybridized carbons (Fsp3) is 0.267. The smallest absolute Gasteiger partial charge is 0.328 e. The topological polar surface area (TPSA) is 99.4 Å². The molecule has 0 aliphatic carbocycles. The van der Waals surface area contributed by atoms with Gasteiger partial charge in [-0.15, -0.1) is 0 Å². The third-order valence-corrected chi connectivity index (χ3v) is 2.49. The lowest BCUT2D eigenvalue weighted by Crippen LogP contribution is -2.29. The van der Waals surface area contributed by atoms with Crippen LogP contribution in [0.5, 0.6) is 5.75 Å². The van der Waals surface area contributed by atoms with Crippen LogP contribution < -0.4 is 10.1 Å². The molecule has 6 heteroatoms. The van der Waals surface area contributed by atoms with Crippen molar-refractivity contribution in [1.29, 1.82) is 5.26 Å². The van der Waals surface area contributed by atoms with Crippen LogP contribution in [-0.4, -0.2) is 30.1 Å². The Morgan fingerprint density at radius 2 is 2.24 bits per heavy atom. The molecule has 0 saturated heterocycles. The van der Waals surface area contributed by atoms with Crippen molar-refractivity contribution in [1.82, 2.24) is 5.32 Å². The number of nitrogens with one attached hydrogen (secondary N) is 1. The summed E-state index contributed by atoms with van der Waals surface area (Å²) >= 11 is 0. The van der Waals surface area contributed by atoms with Gasteiger partial charge in [0.1, 0.15) is 5.75 Å². The van der Waals surface area contributed by atoms with Gasteiger partial charge in [-0.05, 0) is 25.1 Å². The molecule has 0 heterocycles. The van der Waals surface area contributed by atoms with Gasteiger partial charge in [0.2, 0.25) is 0 Å². The van der Waals surface area contributed by atoms with E-state index in [1.165, 1.54) is 6.08 Å². The summed E-state index contributed by atoms with van der Waals surface area (Å²) in [6.07, 6.45) is 2.66. The number of hydrogen-bond acceptors (Lipinski definition) is 4. The number of hydrogen-bond donors (Lipinski definition) is 2. The van der Waals surface area contributed by atoms with E-state index >= 15 is 0 Å². The molecular formula is C15H16N2O4. The molecular weight excluding hydrogens is 272 g/mol. The highest BCUT2D eigenvalue weighted by Crippen LogP contribution is 2.21. The fourth-order valence-electron chi connectivity index (χ4n) is 1.54. The minimum absolute atomic E-state index is 0.192. The first-order valence-electron chi connectivity index (χ1n) is 6.31. The Morgan fingerprint density at radius 1 is 1.48 bits per heavy atom. The highest BCUT2D eigenvalue weighted by atomic mass is 16.5. The van der Waals surface area contributed by atoms with Crippen LogP contribution in [0.3, 0.4) is 0 Å². The first-order chi connectivity index (χ1) is 10.0. The summed E-state index contributed by atoms with van der Waals surface area (Å²) in [6.45, 7) is 1.96. The molecule has 1 aromatic carbocycles. The number of benzene rings is 1. The normalized spacial score (nSPS) is 10.1. The van der Waals surface area contributed by atoms with Crippen LogP contribution in [0.4, 0.5) is 0 Å². The molecule has 1 amide bonds. The number of amides is 1. The number of carboxylic acid groups (broad SMARTS) is 1. The van der Waals surface area contributed by atoms with Crippen molar-refractivity contribution in [2.24, 2.45) is 0 Å². The fourth-order valence-corrected chi connectivity index (χ4v) is 1.54. The number of ether oxygens (including phenoxy) is 1. The molecule has 0 aliphatic rings. The summed E-state index contributed by atoms with van der Waals surface area (Å²) in [5, 5.41) is 19.6. The van der Waals surface area contributed by atoms with Crippen molar-refractivity contribution in [2.45, 2.75) is 13.3 Å². The standard InChI is InChI=1S/C15H16N2O4/c1-11-3-5-13(12(9-11)4-6-15(19)20)21-10-14(18)17-8-2-7-16/h3-6,9H,2,8,10H2,1H3,(H,17,18)(H,19,20). The predicted molar refractivity (Wildman–Crippen MR) is 76.6 cm³/mol. The number of carboxylic acids is 1. The molecule has 0 saturated carbocycles. The summed E-state index contributed by atoms with van der Waals surface area (Å²) in [7, 11) is 0. The molecule has 0 unspecified atom stereocenters. The van der Waals surface area contributed by atoms with E-state index in [9.17, 15) is 9.59 Å². The van der Waals surface area contributed by atoms with Gasteiger partial charge in [0.05, 0.1) is 12.5 Å². The van der Waals surface area contributed by atoms with Crippen molar-refractivity contribution in [2.75, 3.05) is 13.2 Å². The predicted octanol–water partition coefficient (Wildman–Crippen LogP) is 1.50. The highest BCUT2D eigenvalue weighted by molar-refractivity contribution is 5.86. The minimum atomic E-state index is -1.06. The van der Waals surface area contributed by atoms with Crippen LogP contribution in [0.1, 0.15) is 17.5 Å². The van der Waals surface area contributed by atoms with Crippen LogP contribution >= 0.6 is 0 Å². The van der Waals surface area contributed by atoms with Gasteiger partial charge in [0.25, 0.3) is 5.91 Å². The second-order valence-electron chi connectivity index (χ2n) is 4.26. The number of carbonyl (C=O) groups excluding carboxylic acids is 1. The van der Waals surface area contributed by atoms with Gasteiger partial charge in [-0.25, -0.2) is 4.79 Å². The average Bonchev–Trinajstić information content (AvgIpc) is 2.44. The van der Waals surface area contributed by atoms with Crippen molar-refractivity contribution >= 4 is 18.0 Å². The van der Waals surface area contributed by atoms with Gasteiger partial charge < -0.3 is 15.2 Å². The highest BCUT2D eigenvalue weighted by Gasteiger charge is 2.06. The molecule has 110 valence electrons. The third-order valence-electron chi connectivity index (χ3n) is 2.49. The van der Waals surface area contributed by atoms with Crippen molar-refractivity contribution in [3.8, 4) is 11.8 Å². The summed E-state index contributed by atoms with van der Waals surface area (Å²) in [6, 6.07) is 7.17. The zero-order valence-electron chi connectivity index (χ0n) is 11.6. The van der Waals surface area contributed by atoms with E-state index < -0.39 is 5.97 Å². The number of carbonyl (C=O) groups is 2. The molecule has 21 heavy (non-hydrogen) atoms. The first-order valence-corrected chi connectivity index (χ1v) is 6.31. The van der Waals surface area contributed by atoms with Gasteiger partial charge in [0.15, 0.2) is 6.61 Å². The molecule has 0 radical (unpaired) electrons. The zero-order valence-corrected chi connectivity index (χ0v) is 11.6. The largest absolute Gasteiger partial charge is 0.483 e. The van der Waals surface area contributed by atoms with Crippen LogP contribution in [-0.2, 0) is 9.59 Å². The maximum atomic E-state index is 11.5. The number of aliphatic carboxylic acids is 1. The van der Waals surface area contributed by atoms with Crippen LogP contribution in [0.2, 0.25) is 0 Å². The third kappa shape index (κ3) is 6.25. The summed E-state index contributed by atoms with van der Waals surface area (Å²) in [4.78, 5) is 22.0. The van der Waals surface area contributed by atoms with Crippen molar-refractivity contribution in [3.05, 3.63) is 35.4 Å². The number of nitrogens with zero attached hydrogens (tertiary/aromatic N) is 1. The van der Waals surface area contributed by atoms with Gasteiger partial charge in [-0.1, -0.05) is 11.6 Å². The van der Waals surface area contributed by atoms with Gasteiger partial charge >= 0.3 is 5.97 Å². The molecule has 0 aliphatic heterocycles. The molecule has 0 bridgehead atoms. The van der Waals surface area contributed by atoms with Crippen molar-refractivity contribution in [3.63, 3.8) is 0 Å². The number of aryl methyl sites for hydroxylation is 1. The molecule has 1 rings (SSSR count). The monoisotopic (exact) mass is 288 g/mol. The molecule has 0 spiro atoms. The molecule has 2 N–H and O–H groups in total. The quantitative estimate of drug-likeness (QED) is 0.585. The van der Waals surface area contributed by atoms with E-state index in [0.717, 1.165) is 11.6 Å². The van der Waals surface area contributed by atoms with Crippen LogP contribution in [0, 0.1) is 18.3 Å². The molecule has 0 atom stereocenters. The summed E-state index contributed by atoms with van der Waals surface area (Å²) in [5.74, 6) is -0.968. The van der Waals surface area contributed by atoms with E-state index in [0.29, 0.717) is 11.3 Å². The molecule has 1 aromatic rings. The maximum absolute atomic E-state index is 11.5. The minimum Gasteiger partial charge on any atom is -0.483 e. The van der Waals surface area contributed by atoms with E-state index in [4.69, 9.17) is 15.1 Å². The lowest BCUT2D eigenvalue weighted by Gasteiger charge is -2.10. The Morgan fingerprint density at radius 3 is 2.90 bits per heavy atom. The summed E-state index contributed by atoms with van der Waals surface area (Å²) in [5.41, 5.74) is 1.54. The Bertz CT molecular complexity index is 588. The first kappa shape index (κ1) is 16.2. The van der Waals surface area contributed by atoms with E-state index in [2.05, 4.69) is 5.32 Å². The van der Waals surface area contributed by atoms with E-state index in [-0.39, 0.29) is 25.5 Å². The Hall–Kier alpha value is -2.81.